The summed E-state index contributed by atoms with van der Waals surface area (Å²) in [5, 5.41) is 0. The highest BCUT2D eigenvalue weighted by molar-refractivity contribution is 5.84. The Kier molecular flexibility index (Phi) is 2.70. The van der Waals surface area contributed by atoms with Crippen molar-refractivity contribution in [2.75, 3.05) is 16.8 Å². The summed E-state index contributed by atoms with van der Waals surface area (Å²) < 4.78 is 13.3. The number of aryl methyl sites for hydroxylation is 1. The minimum Gasteiger partial charge on any atom is -0.353 e. The van der Waals surface area contributed by atoms with Crippen LogP contribution in [0.3, 0.4) is 0 Å². The van der Waals surface area contributed by atoms with E-state index in [9.17, 15) is 4.39 Å². The van der Waals surface area contributed by atoms with Crippen LogP contribution in [0.25, 0.3) is 0 Å². The van der Waals surface area contributed by atoms with Crippen molar-refractivity contribution in [1.82, 2.24) is 0 Å². The molecule has 0 unspecified atom stereocenters. The van der Waals surface area contributed by atoms with Crippen molar-refractivity contribution in [3.05, 3.63) is 53.8 Å². The first-order chi connectivity index (χ1) is 9.09. The zero-order valence-electron chi connectivity index (χ0n) is 11.4. The molecule has 0 N–H and O–H groups in total. The van der Waals surface area contributed by atoms with Gasteiger partial charge >= 0.3 is 0 Å². The molecule has 0 saturated heterocycles. The summed E-state index contributed by atoms with van der Waals surface area (Å²) >= 11 is 0. The molecule has 0 amide bonds. The molecule has 2 aromatic rings. The molecule has 1 aliphatic heterocycles. The monoisotopic (exact) mass is 256 g/mol. The fraction of sp³-hybridized carbons (Fsp3) is 0.250. The van der Waals surface area contributed by atoms with Crippen LogP contribution < -0.4 is 9.80 Å². The van der Waals surface area contributed by atoms with Crippen LogP contribution in [0.15, 0.2) is 42.5 Å². The molecule has 0 saturated carbocycles. The van der Waals surface area contributed by atoms with Crippen LogP contribution in [0.2, 0.25) is 0 Å². The average molecular weight is 256 g/mol. The van der Waals surface area contributed by atoms with Crippen molar-refractivity contribution in [2.45, 2.75) is 20.0 Å². The molecule has 3 heteroatoms. The molecule has 1 heterocycles. The second-order valence-electron chi connectivity index (χ2n) is 5.03. The van der Waals surface area contributed by atoms with Crippen LogP contribution in [-0.4, -0.2) is 13.2 Å². The molecule has 0 bridgehead atoms. The number of anilines is 3. The van der Waals surface area contributed by atoms with Gasteiger partial charge in [-0.2, -0.15) is 0 Å². The zero-order valence-corrected chi connectivity index (χ0v) is 11.4. The smallest absolute Gasteiger partial charge is 0.123 e. The molecule has 0 spiro atoms. The molecule has 0 aromatic heterocycles. The fourth-order valence-electron chi connectivity index (χ4n) is 2.76. The van der Waals surface area contributed by atoms with Gasteiger partial charge in [-0.15, -0.1) is 0 Å². The molecule has 3 rings (SSSR count). The van der Waals surface area contributed by atoms with Crippen LogP contribution >= 0.6 is 0 Å². The van der Waals surface area contributed by atoms with Crippen LogP contribution in [0, 0.1) is 12.7 Å². The summed E-state index contributed by atoms with van der Waals surface area (Å²) in [6.07, 6.45) is 0.224. The topological polar surface area (TPSA) is 6.48 Å². The molecule has 98 valence electrons. The number of benzene rings is 2. The van der Waals surface area contributed by atoms with E-state index in [1.807, 2.05) is 25.1 Å². The van der Waals surface area contributed by atoms with E-state index in [1.54, 1.807) is 6.07 Å². The molecule has 0 radical (unpaired) electrons. The number of nitrogens with zero attached hydrogens (tertiary/aromatic N) is 2. The summed E-state index contributed by atoms with van der Waals surface area (Å²) in [6.45, 7) is 4.11. The van der Waals surface area contributed by atoms with Crippen molar-refractivity contribution in [3.63, 3.8) is 0 Å². The van der Waals surface area contributed by atoms with Gasteiger partial charge < -0.3 is 9.80 Å². The van der Waals surface area contributed by atoms with E-state index in [4.69, 9.17) is 0 Å². The quantitative estimate of drug-likeness (QED) is 0.759. The molecule has 2 nitrogen and oxygen atoms in total. The third-order valence-corrected chi connectivity index (χ3v) is 3.87. The predicted molar refractivity (Wildman–Crippen MR) is 77.6 cm³/mol. The third-order valence-electron chi connectivity index (χ3n) is 3.87. The first kappa shape index (κ1) is 12.0. The average Bonchev–Trinajstić information content (AvgIpc) is 2.64. The van der Waals surface area contributed by atoms with E-state index in [0.717, 1.165) is 11.3 Å². The minimum absolute atomic E-state index is 0.185. The second-order valence-corrected chi connectivity index (χ2v) is 5.03. The highest BCUT2D eigenvalue weighted by Crippen LogP contribution is 2.43. The molecular formula is C16H17FN2. The molecule has 1 atom stereocenters. The van der Waals surface area contributed by atoms with Gasteiger partial charge in [-0.3, -0.25) is 0 Å². The van der Waals surface area contributed by atoms with Crippen molar-refractivity contribution in [1.29, 1.82) is 0 Å². The number of rotatable bonds is 1. The number of hydrogen-bond donors (Lipinski definition) is 0. The summed E-state index contributed by atoms with van der Waals surface area (Å²) in [5.41, 5.74) is 4.40. The lowest BCUT2D eigenvalue weighted by atomic mass is 10.1. The predicted octanol–water partition coefficient (Wildman–Crippen LogP) is 4.07. The van der Waals surface area contributed by atoms with E-state index in [0.29, 0.717) is 0 Å². The van der Waals surface area contributed by atoms with Gasteiger partial charge in [-0.25, -0.2) is 4.39 Å². The molecule has 0 aliphatic carbocycles. The Morgan fingerprint density at radius 2 is 1.68 bits per heavy atom. The molecular weight excluding hydrogens is 239 g/mol. The standard InChI is InChI=1S/C16H17FN2/c1-11-10-13(17)8-9-14(11)19-12(2)18(3)15-6-4-5-7-16(15)19/h4-10,12H,1-3H3/t12-/m0/s1. The molecule has 0 fully saturated rings. The summed E-state index contributed by atoms with van der Waals surface area (Å²) in [5.74, 6) is -0.185. The Morgan fingerprint density at radius 3 is 2.37 bits per heavy atom. The maximum absolute atomic E-state index is 13.3. The molecule has 19 heavy (non-hydrogen) atoms. The number of halogens is 1. The van der Waals surface area contributed by atoms with Crippen LogP contribution in [0.5, 0.6) is 0 Å². The number of hydrogen-bond acceptors (Lipinski definition) is 2. The second kappa shape index (κ2) is 4.26. The van der Waals surface area contributed by atoms with Gasteiger partial charge in [-0.1, -0.05) is 12.1 Å². The van der Waals surface area contributed by atoms with Crippen LogP contribution in [0.1, 0.15) is 12.5 Å². The third kappa shape index (κ3) is 1.77. The Morgan fingerprint density at radius 1 is 1.00 bits per heavy atom. The number of para-hydroxylation sites is 2. The normalized spacial score (nSPS) is 17.8. The van der Waals surface area contributed by atoms with Gasteiger partial charge in [0.1, 0.15) is 12.0 Å². The van der Waals surface area contributed by atoms with Crippen LogP contribution in [-0.2, 0) is 0 Å². The van der Waals surface area contributed by atoms with Gasteiger partial charge in [-0.05, 0) is 49.7 Å². The SMILES string of the molecule is Cc1cc(F)ccc1N1c2ccccc2N(C)[C@@H]1C. The highest BCUT2D eigenvalue weighted by Gasteiger charge is 2.31. The van der Waals surface area contributed by atoms with E-state index >= 15 is 0 Å². The van der Waals surface area contributed by atoms with Crippen LogP contribution in [0.4, 0.5) is 21.5 Å². The minimum atomic E-state index is -0.185. The number of fused-ring (bicyclic) bond motifs is 1. The van der Waals surface area contributed by atoms with Gasteiger partial charge in [0.15, 0.2) is 0 Å². The fourth-order valence-corrected chi connectivity index (χ4v) is 2.76. The Labute approximate surface area is 113 Å². The lowest BCUT2D eigenvalue weighted by molar-refractivity contribution is 0.626. The Balaban J connectivity index is 2.15. The largest absolute Gasteiger partial charge is 0.353 e. The lowest BCUT2D eigenvalue weighted by Gasteiger charge is -2.29. The molecule has 2 aromatic carbocycles. The van der Waals surface area contributed by atoms with Crippen molar-refractivity contribution in [3.8, 4) is 0 Å². The summed E-state index contributed by atoms with van der Waals surface area (Å²) in [6, 6.07) is 13.3. The first-order valence-electron chi connectivity index (χ1n) is 6.47. The van der Waals surface area contributed by atoms with Crippen molar-refractivity contribution in [2.24, 2.45) is 0 Å². The van der Waals surface area contributed by atoms with Gasteiger partial charge in [0.25, 0.3) is 0 Å². The lowest BCUT2D eigenvalue weighted by Crippen LogP contribution is -2.35. The first-order valence-corrected chi connectivity index (χ1v) is 6.47. The highest BCUT2D eigenvalue weighted by atomic mass is 19.1. The summed E-state index contributed by atoms with van der Waals surface area (Å²) in [4.78, 5) is 4.49. The maximum atomic E-state index is 13.3. The molecule has 1 aliphatic rings. The van der Waals surface area contributed by atoms with E-state index < -0.39 is 0 Å². The van der Waals surface area contributed by atoms with Crippen molar-refractivity contribution >= 4 is 17.1 Å². The van der Waals surface area contributed by atoms with Gasteiger partial charge in [0.2, 0.25) is 0 Å². The van der Waals surface area contributed by atoms with Gasteiger partial charge in [0, 0.05) is 12.7 Å². The Hall–Kier alpha value is -2.03. The van der Waals surface area contributed by atoms with E-state index in [-0.39, 0.29) is 12.0 Å². The van der Waals surface area contributed by atoms with Crippen molar-refractivity contribution < 1.29 is 4.39 Å². The maximum Gasteiger partial charge on any atom is 0.123 e. The van der Waals surface area contributed by atoms with Gasteiger partial charge in [0.05, 0.1) is 11.4 Å². The zero-order chi connectivity index (χ0) is 13.6. The van der Waals surface area contributed by atoms with E-state index in [1.165, 1.54) is 17.4 Å². The Bertz CT molecular complexity index is 624. The van der Waals surface area contributed by atoms with E-state index in [2.05, 4.69) is 35.9 Å². The summed E-state index contributed by atoms with van der Waals surface area (Å²) in [7, 11) is 2.09.